The van der Waals surface area contributed by atoms with E-state index in [1.54, 1.807) is 36.3 Å². The average Bonchev–Trinajstić information content (AvgIpc) is 2.88. The minimum atomic E-state index is -0.0714. The van der Waals surface area contributed by atoms with Crippen molar-refractivity contribution in [3.05, 3.63) is 53.3 Å². The molecule has 2 N–H and O–H groups in total. The second-order valence-corrected chi connectivity index (χ2v) is 4.91. The molecule has 0 aliphatic rings. The molecule has 21 heavy (non-hydrogen) atoms. The van der Waals surface area contributed by atoms with E-state index in [0.29, 0.717) is 30.0 Å². The first-order chi connectivity index (χ1) is 10.0. The lowest BCUT2D eigenvalue weighted by Crippen LogP contribution is -2.28. The van der Waals surface area contributed by atoms with Gasteiger partial charge in [-0.05, 0) is 30.7 Å². The van der Waals surface area contributed by atoms with Gasteiger partial charge in [0.2, 0.25) is 0 Å². The largest absolute Gasteiger partial charge is 0.397 e. The van der Waals surface area contributed by atoms with Crippen LogP contribution in [0.25, 0.3) is 0 Å². The predicted molar refractivity (Wildman–Crippen MR) is 81.5 cm³/mol. The number of amides is 1. The number of nitriles is 1. The van der Waals surface area contributed by atoms with Crippen molar-refractivity contribution in [3.8, 4) is 6.07 Å². The standard InChI is InChI=1S/C16H18N4O/c1-3-20-11-14(18)8-15(20)16(21)19(2)10-13-6-4-12(9-17)5-7-13/h4-8,11H,3,10,18H2,1-2H3. The summed E-state index contributed by atoms with van der Waals surface area (Å²) in [5.41, 5.74) is 8.52. The Balaban J connectivity index is 2.13. The van der Waals surface area contributed by atoms with Gasteiger partial charge in [-0.1, -0.05) is 12.1 Å². The van der Waals surface area contributed by atoms with Crippen LogP contribution in [0.4, 0.5) is 5.69 Å². The number of nitrogens with two attached hydrogens (primary N) is 1. The predicted octanol–water partition coefficient (Wildman–Crippen LogP) is 2.23. The zero-order valence-electron chi connectivity index (χ0n) is 12.2. The van der Waals surface area contributed by atoms with Crippen LogP contribution in [-0.4, -0.2) is 22.4 Å². The second-order valence-electron chi connectivity index (χ2n) is 4.91. The molecule has 2 rings (SSSR count). The summed E-state index contributed by atoms with van der Waals surface area (Å²) in [6.45, 7) is 3.15. The van der Waals surface area contributed by atoms with Crippen LogP contribution in [-0.2, 0) is 13.1 Å². The summed E-state index contributed by atoms with van der Waals surface area (Å²) < 4.78 is 1.84. The van der Waals surface area contributed by atoms with Crippen molar-refractivity contribution in [1.29, 1.82) is 5.26 Å². The van der Waals surface area contributed by atoms with Crippen LogP contribution in [0.1, 0.15) is 28.5 Å². The smallest absolute Gasteiger partial charge is 0.270 e. The lowest BCUT2D eigenvalue weighted by atomic mass is 10.1. The van der Waals surface area contributed by atoms with Gasteiger partial charge in [-0.3, -0.25) is 4.79 Å². The quantitative estimate of drug-likeness (QED) is 0.934. The number of nitrogens with zero attached hydrogens (tertiary/aromatic N) is 3. The lowest BCUT2D eigenvalue weighted by Gasteiger charge is -2.18. The van der Waals surface area contributed by atoms with Crippen LogP contribution in [0.3, 0.4) is 0 Å². The van der Waals surface area contributed by atoms with Crippen LogP contribution >= 0.6 is 0 Å². The molecule has 0 saturated carbocycles. The molecule has 108 valence electrons. The Morgan fingerprint density at radius 3 is 2.62 bits per heavy atom. The fraction of sp³-hybridized carbons (Fsp3) is 0.250. The first-order valence-electron chi connectivity index (χ1n) is 6.75. The summed E-state index contributed by atoms with van der Waals surface area (Å²) in [5.74, 6) is -0.0714. The Bertz CT molecular complexity index is 679. The van der Waals surface area contributed by atoms with Crippen molar-refractivity contribution in [1.82, 2.24) is 9.47 Å². The van der Waals surface area contributed by atoms with E-state index in [0.717, 1.165) is 5.56 Å². The summed E-state index contributed by atoms with van der Waals surface area (Å²) in [4.78, 5) is 14.1. The molecule has 1 heterocycles. The molecule has 0 unspecified atom stereocenters. The fourth-order valence-electron chi connectivity index (χ4n) is 2.20. The third-order valence-corrected chi connectivity index (χ3v) is 3.33. The van der Waals surface area contributed by atoms with Crippen LogP contribution in [0, 0.1) is 11.3 Å². The highest BCUT2D eigenvalue weighted by molar-refractivity contribution is 5.93. The molecular formula is C16H18N4O. The summed E-state index contributed by atoms with van der Waals surface area (Å²) in [5, 5.41) is 8.78. The number of benzene rings is 1. The van der Waals surface area contributed by atoms with Crippen LogP contribution in [0.2, 0.25) is 0 Å². The Labute approximate surface area is 124 Å². The van der Waals surface area contributed by atoms with Crippen molar-refractivity contribution < 1.29 is 4.79 Å². The number of anilines is 1. The van der Waals surface area contributed by atoms with Crippen LogP contribution < -0.4 is 5.73 Å². The molecule has 0 bridgehead atoms. The molecule has 0 atom stereocenters. The SMILES string of the molecule is CCn1cc(N)cc1C(=O)N(C)Cc1ccc(C#N)cc1. The summed E-state index contributed by atoms with van der Waals surface area (Å²) in [6, 6.07) is 11.0. The maximum atomic E-state index is 12.5. The maximum Gasteiger partial charge on any atom is 0.270 e. The van der Waals surface area contributed by atoms with Crippen molar-refractivity contribution in [3.63, 3.8) is 0 Å². The second kappa shape index (κ2) is 6.14. The Morgan fingerprint density at radius 1 is 1.38 bits per heavy atom. The number of aromatic nitrogens is 1. The average molecular weight is 282 g/mol. The van der Waals surface area contributed by atoms with E-state index in [-0.39, 0.29) is 5.91 Å². The Hall–Kier alpha value is -2.74. The third kappa shape index (κ3) is 3.23. The fourth-order valence-corrected chi connectivity index (χ4v) is 2.20. The molecule has 0 aliphatic heterocycles. The van der Waals surface area contributed by atoms with Gasteiger partial charge < -0.3 is 15.2 Å². The molecule has 0 fully saturated rings. The van der Waals surface area contributed by atoms with Crippen molar-refractivity contribution >= 4 is 11.6 Å². The normalized spacial score (nSPS) is 10.1. The van der Waals surface area contributed by atoms with Gasteiger partial charge >= 0.3 is 0 Å². The van der Waals surface area contributed by atoms with Gasteiger partial charge in [0.25, 0.3) is 5.91 Å². The highest BCUT2D eigenvalue weighted by Gasteiger charge is 2.16. The third-order valence-electron chi connectivity index (χ3n) is 3.33. The number of hydrogen-bond donors (Lipinski definition) is 1. The van der Waals surface area contributed by atoms with Crippen molar-refractivity contribution in [2.24, 2.45) is 0 Å². The van der Waals surface area contributed by atoms with Crippen LogP contribution in [0.15, 0.2) is 36.5 Å². The van der Waals surface area contributed by atoms with E-state index in [4.69, 9.17) is 11.0 Å². The lowest BCUT2D eigenvalue weighted by molar-refractivity contribution is 0.0774. The van der Waals surface area contributed by atoms with Gasteiger partial charge in [-0.15, -0.1) is 0 Å². The molecule has 0 aliphatic carbocycles. The van der Waals surface area contributed by atoms with Gasteiger partial charge in [0.1, 0.15) is 5.69 Å². The number of hydrogen-bond acceptors (Lipinski definition) is 3. The van der Waals surface area contributed by atoms with E-state index >= 15 is 0 Å². The molecule has 0 spiro atoms. The number of nitrogen functional groups attached to an aromatic ring is 1. The van der Waals surface area contributed by atoms with Gasteiger partial charge in [0.05, 0.1) is 17.3 Å². The Kier molecular flexibility index (Phi) is 4.29. The van der Waals surface area contributed by atoms with Gasteiger partial charge in [0, 0.05) is 26.3 Å². The molecule has 5 nitrogen and oxygen atoms in total. The highest BCUT2D eigenvalue weighted by Crippen LogP contribution is 2.14. The summed E-state index contributed by atoms with van der Waals surface area (Å²) >= 11 is 0. The topological polar surface area (TPSA) is 75.0 Å². The molecule has 1 aromatic heterocycles. The summed E-state index contributed by atoms with van der Waals surface area (Å²) in [6.07, 6.45) is 1.77. The number of carbonyl (C=O) groups is 1. The number of rotatable bonds is 4. The first kappa shape index (κ1) is 14.7. The minimum Gasteiger partial charge on any atom is -0.397 e. The number of aryl methyl sites for hydroxylation is 1. The molecule has 2 aromatic rings. The molecule has 0 radical (unpaired) electrons. The zero-order chi connectivity index (χ0) is 15.4. The van der Waals surface area contributed by atoms with Crippen molar-refractivity contribution in [2.75, 3.05) is 12.8 Å². The Morgan fingerprint density at radius 2 is 2.05 bits per heavy atom. The van der Waals surface area contributed by atoms with E-state index in [1.807, 2.05) is 23.6 Å². The first-order valence-corrected chi connectivity index (χ1v) is 6.75. The van der Waals surface area contributed by atoms with E-state index in [9.17, 15) is 4.79 Å². The molecule has 1 aromatic carbocycles. The van der Waals surface area contributed by atoms with Gasteiger partial charge in [-0.25, -0.2) is 0 Å². The molecule has 0 saturated heterocycles. The van der Waals surface area contributed by atoms with E-state index in [1.165, 1.54) is 0 Å². The van der Waals surface area contributed by atoms with Gasteiger partial charge in [-0.2, -0.15) is 5.26 Å². The highest BCUT2D eigenvalue weighted by atomic mass is 16.2. The van der Waals surface area contributed by atoms with Crippen molar-refractivity contribution in [2.45, 2.75) is 20.0 Å². The monoisotopic (exact) mass is 282 g/mol. The molecule has 5 heteroatoms. The maximum absolute atomic E-state index is 12.5. The summed E-state index contributed by atoms with van der Waals surface area (Å²) in [7, 11) is 1.75. The van der Waals surface area contributed by atoms with Gasteiger partial charge in [0.15, 0.2) is 0 Å². The molecular weight excluding hydrogens is 264 g/mol. The van der Waals surface area contributed by atoms with Crippen LogP contribution in [0.5, 0.6) is 0 Å². The molecule has 1 amide bonds. The zero-order valence-corrected chi connectivity index (χ0v) is 12.2. The minimum absolute atomic E-state index is 0.0714. The van der Waals surface area contributed by atoms with E-state index in [2.05, 4.69) is 6.07 Å². The number of carbonyl (C=O) groups excluding carboxylic acids is 1. The van der Waals surface area contributed by atoms with E-state index < -0.39 is 0 Å².